The van der Waals surface area contributed by atoms with Gasteiger partial charge in [-0.15, -0.1) is 23.1 Å². The largest absolute Gasteiger partial charge is 0.469 e. The quantitative estimate of drug-likeness (QED) is 0.590. The number of hydrogen-bond donors (Lipinski definition) is 0. The number of ether oxygens (including phenoxy) is 1. The van der Waals surface area contributed by atoms with Gasteiger partial charge < -0.3 is 4.74 Å². The number of halogens is 1. The summed E-state index contributed by atoms with van der Waals surface area (Å²) in [5.41, 5.74) is 1.34. The van der Waals surface area contributed by atoms with Crippen LogP contribution < -0.4 is 0 Å². The van der Waals surface area contributed by atoms with Crippen molar-refractivity contribution in [2.75, 3.05) is 12.9 Å². The van der Waals surface area contributed by atoms with Crippen molar-refractivity contribution in [2.24, 2.45) is 0 Å². The molecule has 0 aliphatic heterocycles. The molecule has 6 heteroatoms. The molecule has 0 fully saturated rings. The summed E-state index contributed by atoms with van der Waals surface area (Å²) in [5, 5.41) is 2.52. The second-order valence-corrected chi connectivity index (χ2v) is 6.43. The Morgan fingerprint density at radius 1 is 1.48 bits per heavy atom. The van der Waals surface area contributed by atoms with Gasteiger partial charge in [0.1, 0.15) is 10.8 Å². The number of aromatic nitrogens is 1. The first-order valence-corrected chi connectivity index (χ1v) is 8.45. The van der Waals surface area contributed by atoms with Crippen LogP contribution in [0.3, 0.4) is 0 Å². The van der Waals surface area contributed by atoms with Gasteiger partial charge in [0.05, 0.1) is 24.8 Å². The van der Waals surface area contributed by atoms with Crippen LogP contribution in [-0.4, -0.2) is 23.8 Å². The van der Waals surface area contributed by atoms with E-state index in [-0.39, 0.29) is 18.2 Å². The minimum atomic E-state index is -0.266. The summed E-state index contributed by atoms with van der Waals surface area (Å²) in [7, 11) is 1.36. The Morgan fingerprint density at radius 2 is 2.29 bits per heavy atom. The van der Waals surface area contributed by atoms with E-state index in [1.807, 2.05) is 18.4 Å². The predicted molar refractivity (Wildman–Crippen MR) is 84.2 cm³/mol. The Bertz CT molecular complexity index is 628. The number of rotatable bonds is 6. The Kier molecular flexibility index (Phi) is 5.76. The highest BCUT2D eigenvalue weighted by Crippen LogP contribution is 2.35. The van der Waals surface area contributed by atoms with Gasteiger partial charge in [0.25, 0.3) is 0 Å². The summed E-state index contributed by atoms with van der Waals surface area (Å²) in [4.78, 5) is 16.5. The summed E-state index contributed by atoms with van der Waals surface area (Å²) in [6, 6.07) is 5.06. The van der Waals surface area contributed by atoms with Gasteiger partial charge in [-0.3, -0.25) is 4.79 Å². The van der Waals surface area contributed by atoms with Gasteiger partial charge in [-0.1, -0.05) is 13.0 Å². The van der Waals surface area contributed by atoms with Crippen molar-refractivity contribution >= 4 is 29.1 Å². The Labute approximate surface area is 131 Å². The van der Waals surface area contributed by atoms with Gasteiger partial charge in [0.2, 0.25) is 0 Å². The third-order valence-corrected chi connectivity index (χ3v) is 4.70. The van der Waals surface area contributed by atoms with E-state index in [9.17, 15) is 9.18 Å². The lowest BCUT2D eigenvalue weighted by Gasteiger charge is -2.06. The number of thiazole rings is 1. The Morgan fingerprint density at radius 3 is 3.00 bits per heavy atom. The molecule has 2 aromatic rings. The van der Waals surface area contributed by atoms with Crippen molar-refractivity contribution < 1.29 is 13.9 Å². The fourth-order valence-corrected chi connectivity index (χ4v) is 3.66. The first-order chi connectivity index (χ1) is 10.2. The average Bonchev–Trinajstić information content (AvgIpc) is 2.93. The maximum absolute atomic E-state index is 14.1. The Hall–Kier alpha value is -1.40. The van der Waals surface area contributed by atoms with Crippen LogP contribution >= 0.6 is 23.1 Å². The van der Waals surface area contributed by atoms with Gasteiger partial charge in [0.15, 0.2) is 0 Å². The first-order valence-electron chi connectivity index (χ1n) is 6.58. The fraction of sp³-hybridized carbons (Fsp3) is 0.333. The molecule has 3 nitrogen and oxygen atoms in total. The second kappa shape index (κ2) is 7.56. The molecule has 2 rings (SSSR count). The number of aryl methyl sites for hydroxylation is 1. The zero-order chi connectivity index (χ0) is 15.2. The molecule has 1 aromatic heterocycles. The molecular weight excluding hydrogens is 309 g/mol. The highest BCUT2D eigenvalue weighted by Gasteiger charge is 2.15. The number of carbonyl (C=O) groups is 1. The maximum atomic E-state index is 14.1. The predicted octanol–water partition coefficient (Wildman–Crippen LogP) is 4.17. The van der Waals surface area contributed by atoms with Crippen molar-refractivity contribution in [2.45, 2.75) is 24.7 Å². The van der Waals surface area contributed by atoms with E-state index in [4.69, 9.17) is 0 Å². The van der Waals surface area contributed by atoms with E-state index in [1.165, 1.54) is 24.5 Å². The zero-order valence-corrected chi connectivity index (χ0v) is 13.5. The van der Waals surface area contributed by atoms with Crippen LogP contribution in [0, 0.1) is 5.82 Å². The fourth-order valence-electron chi connectivity index (χ4n) is 1.86. The molecule has 0 bridgehead atoms. The van der Waals surface area contributed by atoms with Gasteiger partial charge in [-0.2, -0.15) is 0 Å². The van der Waals surface area contributed by atoms with E-state index in [1.54, 1.807) is 17.8 Å². The standard InChI is InChI=1S/C15H16FNO2S2/c1-3-20-12-6-4-5-11(16)14(12)15-17-10(9-21-15)7-8-13(18)19-2/h4-6,9H,3,7-8H2,1-2H3. The lowest BCUT2D eigenvalue weighted by molar-refractivity contribution is -0.140. The molecule has 0 N–H and O–H groups in total. The topological polar surface area (TPSA) is 39.2 Å². The van der Waals surface area contributed by atoms with Crippen LogP contribution in [0.1, 0.15) is 19.0 Å². The molecular formula is C15H16FNO2S2. The molecule has 0 spiro atoms. The smallest absolute Gasteiger partial charge is 0.305 e. The number of carbonyl (C=O) groups excluding carboxylic acids is 1. The lowest BCUT2D eigenvalue weighted by atomic mass is 10.2. The van der Waals surface area contributed by atoms with E-state index in [2.05, 4.69) is 9.72 Å². The molecule has 1 heterocycles. The van der Waals surface area contributed by atoms with Crippen LogP contribution in [-0.2, 0) is 16.0 Å². The minimum absolute atomic E-state index is 0.262. The third kappa shape index (κ3) is 4.04. The molecule has 1 aromatic carbocycles. The zero-order valence-electron chi connectivity index (χ0n) is 11.9. The number of esters is 1. The summed E-state index contributed by atoms with van der Waals surface area (Å²) in [6.07, 6.45) is 0.793. The molecule has 0 amide bonds. The third-order valence-electron chi connectivity index (χ3n) is 2.85. The molecule has 0 atom stereocenters. The number of thioether (sulfide) groups is 1. The second-order valence-electron chi connectivity index (χ2n) is 4.27. The van der Waals surface area contributed by atoms with Crippen LogP contribution in [0.5, 0.6) is 0 Å². The van der Waals surface area contributed by atoms with Crippen LogP contribution in [0.4, 0.5) is 4.39 Å². The van der Waals surface area contributed by atoms with Crippen molar-refractivity contribution in [3.05, 3.63) is 35.1 Å². The van der Waals surface area contributed by atoms with Crippen molar-refractivity contribution in [1.29, 1.82) is 0 Å². The normalized spacial score (nSPS) is 10.6. The summed E-state index contributed by atoms with van der Waals surface area (Å²) < 4.78 is 18.7. The molecule has 21 heavy (non-hydrogen) atoms. The molecule has 0 radical (unpaired) electrons. The average molecular weight is 325 g/mol. The van der Waals surface area contributed by atoms with Gasteiger partial charge in [-0.25, -0.2) is 9.37 Å². The summed E-state index contributed by atoms with van der Waals surface area (Å²) >= 11 is 2.99. The van der Waals surface area contributed by atoms with Crippen LogP contribution in [0.2, 0.25) is 0 Å². The van der Waals surface area contributed by atoms with Crippen molar-refractivity contribution in [3.8, 4) is 10.6 Å². The summed E-state index contributed by atoms with van der Waals surface area (Å²) in [5.74, 6) is 0.344. The molecule has 0 unspecified atom stereocenters. The van der Waals surface area contributed by atoms with Crippen LogP contribution in [0.25, 0.3) is 10.6 Å². The van der Waals surface area contributed by atoms with Crippen molar-refractivity contribution in [1.82, 2.24) is 4.98 Å². The number of hydrogen-bond acceptors (Lipinski definition) is 5. The van der Waals surface area contributed by atoms with Gasteiger partial charge in [0, 0.05) is 16.7 Å². The maximum Gasteiger partial charge on any atom is 0.305 e. The van der Waals surface area contributed by atoms with E-state index >= 15 is 0 Å². The Balaban J connectivity index is 2.23. The summed E-state index contributed by atoms with van der Waals surface area (Å²) in [6.45, 7) is 2.03. The highest BCUT2D eigenvalue weighted by molar-refractivity contribution is 7.99. The molecule has 0 saturated heterocycles. The molecule has 0 aliphatic carbocycles. The molecule has 0 aliphatic rings. The van der Waals surface area contributed by atoms with E-state index in [0.29, 0.717) is 17.0 Å². The lowest BCUT2D eigenvalue weighted by Crippen LogP contribution is -2.02. The van der Waals surface area contributed by atoms with E-state index in [0.717, 1.165) is 16.3 Å². The van der Waals surface area contributed by atoms with Crippen LogP contribution in [0.15, 0.2) is 28.5 Å². The van der Waals surface area contributed by atoms with Crippen molar-refractivity contribution in [3.63, 3.8) is 0 Å². The highest BCUT2D eigenvalue weighted by atomic mass is 32.2. The number of methoxy groups -OCH3 is 1. The van der Waals surface area contributed by atoms with Gasteiger partial charge >= 0.3 is 5.97 Å². The van der Waals surface area contributed by atoms with E-state index < -0.39 is 0 Å². The number of nitrogens with zero attached hydrogens (tertiary/aromatic N) is 1. The monoisotopic (exact) mass is 325 g/mol. The number of benzene rings is 1. The molecule has 112 valence electrons. The minimum Gasteiger partial charge on any atom is -0.469 e. The molecule has 0 saturated carbocycles. The SMILES string of the molecule is CCSc1cccc(F)c1-c1nc(CCC(=O)OC)cs1. The van der Waals surface area contributed by atoms with Gasteiger partial charge in [-0.05, 0) is 17.9 Å². The first kappa shape index (κ1) is 16.0.